The summed E-state index contributed by atoms with van der Waals surface area (Å²) in [6.45, 7) is 0. The van der Waals surface area contributed by atoms with Crippen molar-refractivity contribution in [2.45, 2.75) is 0 Å². The molecule has 18 heavy (non-hydrogen) atoms. The summed E-state index contributed by atoms with van der Waals surface area (Å²) >= 11 is 0. The number of hydrogen-bond donors (Lipinski definition) is 3. The summed E-state index contributed by atoms with van der Waals surface area (Å²) in [5.74, 6) is -1.66. The highest BCUT2D eigenvalue weighted by atomic mass is 16.5. The molecular formula is C11H7N3O4. The van der Waals surface area contributed by atoms with Crippen LogP contribution in [0.25, 0.3) is 22.2 Å². The Bertz CT molecular complexity index is 744. The van der Waals surface area contributed by atoms with Gasteiger partial charge in [-0.3, -0.25) is 5.10 Å². The Labute approximate surface area is 99.6 Å². The average molecular weight is 245 g/mol. The molecule has 2 heterocycles. The molecule has 0 amide bonds. The molecule has 1 aromatic carbocycles. The van der Waals surface area contributed by atoms with Gasteiger partial charge >= 0.3 is 5.97 Å². The van der Waals surface area contributed by atoms with Gasteiger partial charge in [0.15, 0.2) is 11.4 Å². The summed E-state index contributed by atoms with van der Waals surface area (Å²) in [4.78, 5) is 10.8. The number of rotatable bonds is 2. The molecule has 0 fully saturated rings. The maximum absolute atomic E-state index is 10.8. The molecule has 3 aromatic rings. The van der Waals surface area contributed by atoms with Crippen molar-refractivity contribution < 1.29 is 19.5 Å². The number of hydrogen-bond acceptors (Lipinski definition) is 5. The Morgan fingerprint density at radius 3 is 2.94 bits per heavy atom. The molecule has 90 valence electrons. The standard InChI is InChI=1S/C11H7N3O4/c15-10-8(12-13-9(10)11(16)17)5-1-2-7-6(3-5)4-18-14-7/h1-4,15H,(H,12,13)(H,16,17). The third-order valence-electron chi connectivity index (χ3n) is 2.59. The lowest BCUT2D eigenvalue weighted by Crippen LogP contribution is -1.96. The second kappa shape index (κ2) is 3.59. The number of carbonyl (C=O) groups is 1. The molecule has 0 aliphatic carbocycles. The van der Waals surface area contributed by atoms with E-state index < -0.39 is 11.7 Å². The Balaban J connectivity index is 2.16. The summed E-state index contributed by atoms with van der Waals surface area (Å²) < 4.78 is 4.79. The minimum Gasteiger partial charge on any atom is -0.504 e. The third-order valence-corrected chi connectivity index (χ3v) is 2.59. The molecule has 2 aromatic heterocycles. The van der Waals surface area contributed by atoms with Crippen LogP contribution < -0.4 is 0 Å². The van der Waals surface area contributed by atoms with Crippen molar-refractivity contribution in [1.82, 2.24) is 15.4 Å². The SMILES string of the molecule is O=C(O)c1[nH]nc(-c2ccc3nocc3c2)c1O. The maximum atomic E-state index is 10.8. The molecule has 0 atom stereocenters. The van der Waals surface area contributed by atoms with Crippen molar-refractivity contribution in [1.29, 1.82) is 0 Å². The van der Waals surface area contributed by atoms with Gasteiger partial charge in [0.2, 0.25) is 0 Å². The second-order valence-corrected chi connectivity index (χ2v) is 3.69. The molecule has 0 aliphatic heterocycles. The van der Waals surface area contributed by atoms with Crippen molar-refractivity contribution in [3.63, 3.8) is 0 Å². The molecule has 0 spiro atoms. The van der Waals surface area contributed by atoms with Crippen LogP contribution in [0, 0.1) is 0 Å². The number of H-pyrrole nitrogens is 1. The van der Waals surface area contributed by atoms with Gasteiger partial charge in [-0.05, 0) is 12.1 Å². The number of fused-ring (bicyclic) bond motifs is 1. The number of carboxylic acids is 1. The molecule has 3 rings (SSSR count). The van der Waals surface area contributed by atoms with Crippen LogP contribution >= 0.6 is 0 Å². The normalized spacial score (nSPS) is 10.9. The quantitative estimate of drug-likeness (QED) is 0.632. The summed E-state index contributed by atoms with van der Waals surface area (Å²) in [6, 6.07) is 5.07. The Morgan fingerprint density at radius 1 is 1.39 bits per heavy atom. The zero-order chi connectivity index (χ0) is 12.7. The summed E-state index contributed by atoms with van der Waals surface area (Å²) in [5.41, 5.74) is 1.09. The lowest BCUT2D eigenvalue weighted by Gasteiger charge is -1.97. The first-order valence-electron chi connectivity index (χ1n) is 5.02. The van der Waals surface area contributed by atoms with Gasteiger partial charge in [-0.1, -0.05) is 11.2 Å². The Hall–Kier alpha value is -2.83. The average Bonchev–Trinajstić information content (AvgIpc) is 2.93. The zero-order valence-electron chi connectivity index (χ0n) is 8.91. The predicted molar refractivity (Wildman–Crippen MR) is 60.2 cm³/mol. The highest BCUT2D eigenvalue weighted by molar-refractivity contribution is 5.92. The number of aromatic carboxylic acids is 1. The van der Waals surface area contributed by atoms with Gasteiger partial charge in [0.1, 0.15) is 17.5 Å². The number of aromatic amines is 1. The minimum absolute atomic E-state index is 0.176. The molecule has 0 unspecified atom stereocenters. The Kier molecular flexibility index (Phi) is 2.06. The molecule has 0 saturated heterocycles. The molecule has 0 aliphatic rings. The van der Waals surface area contributed by atoms with E-state index in [1.165, 1.54) is 6.26 Å². The van der Waals surface area contributed by atoms with Gasteiger partial charge in [0, 0.05) is 10.9 Å². The second-order valence-electron chi connectivity index (χ2n) is 3.69. The monoisotopic (exact) mass is 245 g/mol. The van der Waals surface area contributed by atoms with Crippen LogP contribution in [-0.4, -0.2) is 31.5 Å². The van der Waals surface area contributed by atoms with Gasteiger partial charge < -0.3 is 14.7 Å². The van der Waals surface area contributed by atoms with E-state index in [-0.39, 0.29) is 11.4 Å². The predicted octanol–water partition coefficient (Wildman–Crippen LogP) is 1.62. The third kappa shape index (κ3) is 1.41. The largest absolute Gasteiger partial charge is 0.504 e. The topological polar surface area (TPSA) is 112 Å². The van der Waals surface area contributed by atoms with Crippen molar-refractivity contribution in [3.8, 4) is 17.0 Å². The summed E-state index contributed by atoms with van der Waals surface area (Å²) in [7, 11) is 0. The highest BCUT2D eigenvalue weighted by Crippen LogP contribution is 2.31. The van der Waals surface area contributed by atoms with E-state index in [2.05, 4.69) is 15.4 Å². The minimum atomic E-state index is -1.27. The number of benzene rings is 1. The van der Waals surface area contributed by atoms with Crippen molar-refractivity contribution in [2.75, 3.05) is 0 Å². The van der Waals surface area contributed by atoms with Crippen LogP contribution in [0.15, 0.2) is 29.0 Å². The van der Waals surface area contributed by atoms with E-state index >= 15 is 0 Å². The van der Waals surface area contributed by atoms with Crippen LogP contribution in [0.5, 0.6) is 5.75 Å². The van der Waals surface area contributed by atoms with Gasteiger partial charge in [0.25, 0.3) is 0 Å². The number of aromatic hydroxyl groups is 1. The van der Waals surface area contributed by atoms with Crippen LogP contribution in [-0.2, 0) is 0 Å². The van der Waals surface area contributed by atoms with Gasteiger partial charge in [-0.2, -0.15) is 5.10 Å². The van der Waals surface area contributed by atoms with E-state index in [4.69, 9.17) is 9.63 Å². The fourth-order valence-electron chi connectivity index (χ4n) is 1.71. The number of aromatic nitrogens is 3. The molecule has 7 nitrogen and oxygen atoms in total. The molecule has 0 radical (unpaired) electrons. The van der Waals surface area contributed by atoms with Crippen molar-refractivity contribution in [2.24, 2.45) is 0 Å². The molecular weight excluding hydrogens is 238 g/mol. The van der Waals surface area contributed by atoms with Gasteiger partial charge in [0.05, 0.1) is 0 Å². The van der Waals surface area contributed by atoms with Crippen LogP contribution in [0.1, 0.15) is 10.5 Å². The fourth-order valence-corrected chi connectivity index (χ4v) is 1.71. The lowest BCUT2D eigenvalue weighted by atomic mass is 10.1. The number of nitrogens with zero attached hydrogens (tertiary/aromatic N) is 2. The lowest BCUT2D eigenvalue weighted by molar-refractivity contribution is 0.0687. The molecule has 0 saturated carbocycles. The van der Waals surface area contributed by atoms with Crippen LogP contribution in [0.3, 0.4) is 0 Å². The summed E-state index contributed by atoms with van der Waals surface area (Å²) in [6.07, 6.45) is 1.46. The Morgan fingerprint density at radius 2 is 2.22 bits per heavy atom. The van der Waals surface area contributed by atoms with E-state index in [0.29, 0.717) is 11.1 Å². The van der Waals surface area contributed by atoms with E-state index in [1.807, 2.05) is 0 Å². The smallest absolute Gasteiger partial charge is 0.357 e. The van der Waals surface area contributed by atoms with Gasteiger partial charge in [-0.15, -0.1) is 0 Å². The fraction of sp³-hybridized carbons (Fsp3) is 0. The highest BCUT2D eigenvalue weighted by Gasteiger charge is 2.19. The van der Waals surface area contributed by atoms with Crippen LogP contribution in [0.4, 0.5) is 0 Å². The number of carboxylic acid groups (broad SMARTS) is 1. The van der Waals surface area contributed by atoms with E-state index in [0.717, 1.165) is 5.39 Å². The first-order valence-corrected chi connectivity index (χ1v) is 5.02. The van der Waals surface area contributed by atoms with Gasteiger partial charge in [-0.25, -0.2) is 4.79 Å². The maximum Gasteiger partial charge on any atom is 0.357 e. The first-order chi connectivity index (χ1) is 8.66. The molecule has 0 bridgehead atoms. The van der Waals surface area contributed by atoms with E-state index in [1.54, 1.807) is 18.2 Å². The summed E-state index contributed by atoms with van der Waals surface area (Å²) in [5, 5.41) is 29.1. The van der Waals surface area contributed by atoms with Crippen molar-refractivity contribution in [3.05, 3.63) is 30.2 Å². The van der Waals surface area contributed by atoms with E-state index in [9.17, 15) is 9.90 Å². The zero-order valence-corrected chi connectivity index (χ0v) is 8.91. The molecule has 7 heteroatoms. The van der Waals surface area contributed by atoms with Crippen LogP contribution in [0.2, 0.25) is 0 Å². The number of nitrogens with one attached hydrogen (secondary N) is 1. The first kappa shape index (κ1) is 10.3. The molecule has 3 N–H and O–H groups in total. The van der Waals surface area contributed by atoms with Crippen molar-refractivity contribution >= 4 is 16.9 Å².